The van der Waals surface area contributed by atoms with Crippen LogP contribution in [0.1, 0.15) is 17.3 Å². The van der Waals surface area contributed by atoms with Crippen molar-refractivity contribution in [3.63, 3.8) is 0 Å². The summed E-state index contributed by atoms with van der Waals surface area (Å²) in [6, 6.07) is 9.83. The highest BCUT2D eigenvalue weighted by molar-refractivity contribution is 5.81. The summed E-state index contributed by atoms with van der Waals surface area (Å²) in [4.78, 5) is 8.59. The van der Waals surface area contributed by atoms with Gasteiger partial charge in [-0.25, -0.2) is 4.98 Å². The first-order valence-corrected chi connectivity index (χ1v) is 6.98. The summed E-state index contributed by atoms with van der Waals surface area (Å²) in [7, 11) is 0. The minimum Gasteiger partial charge on any atom is -0.394 e. The SMILES string of the molecule is NC(CO)c1cncn1CCc1cccc2cccnc12. The fourth-order valence-electron chi connectivity index (χ4n) is 2.53. The molecule has 0 radical (unpaired) electrons. The molecule has 0 fully saturated rings. The predicted octanol–water partition coefficient (Wildman–Crippen LogP) is 1.67. The molecule has 5 nitrogen and oxygen atoms in total. The fraction of sp³-hybridized carbons (Fsp3) is 0.250. The van der Waals surface area contributed by atoms with Gasteiger partial charge in [-0.1, -0.05) is 24.3 Å². The second kappa shape index (κ2) is 6.03. The number of fused-ring (bicyclic) bond motifs is 1. The number of hydrogen-bond donors (Lipinski definition) is 2. The summed E-state index contributed by atoms with van der Waals surface area (Å²) in [6.07, 6.45) is 6.12. The Morgan fingerprint density at radius 3 is 2.95 bits per heavy atom. The van der Waals surface area contributed by atoms with Gasteiger partial charge in [0.15, 0.2) is 0 Å². The number of imidazole rings is 1. The zero-order valence-electron chi connectivity index (χ0n) is 11.7. The highest BCUT2D eigenvalue weighted by Crippen LogP contribution is 2.18. The van der Waals surface area contributed by atoms with Crippen molar-refractivity contribution in [2.75, 3.05) is 6.61 Å². The highest BCUT2D eigenvalue weighted by atomic mass is 16.3. The lowest BCUT2D eigenvalue weighted by Gasteiger charge is -2.13. The zero-order chi connectivity index (χ0) is 14.7. The van der Waals surface area contributed by atoms with E-state index in [4.69, 9.17) is 5.73 Å². The number of hydrogen-bond acceptors (Lipinski definition) is 4. The van der Waals surface area contributed by atoms with Crippen molar-refractivity contribution in [1.29, 1.82) is 0 Å². The van der Waals surface area contributed by atoms with Crippen molar-refractivity contribution >= 4 is 10.9 Å². The van der Waals surface area contributed by atoms with E-state index in [-0.39, 0.29) is 6.61 Å². The Labute approximate surface area is 123 Å². The number of para-hydroxylation sites is 1. The Morgan fingerprint density at radius 2 is 2.10 bits per heavy atom. The van der Waals surface area contributed by atoms with E-state index in [1.54, 1.807) is 12.5 Å². The van der Waals surface area contributed by atoms with Crippen molar-refractivity contribution < 1.29 is 5.11 Å². The molecular formula is C16H18N4O. The third-order valence-electron chi connectivity index (χ3n) is 3.66. The maximum absolute atomic E-state index is 9.18. The molecule has 0 aliphatic heterocycles. The zero-order valence-corrected chi connectivity index (χ0v) is 11.7. The van der Waals surface area contributed by atoms with Crippen LogP contribution in [0, 0.1) is 0 Å². The molecular weight excluding hydrogens is 264 g/mol. The molecule has 0 spiro atoms. The Bertz CT molecular complexity index is 732. The molecule has 0 aliphatic carbocycles. The molecule has 5 heteroatoms. The van der Waals surface area contributed by atoms with Crippen LogP contribution in [0.4, 0.5) is 0 Å². The van der Waals surface area contributed by atoms with Gasteiger partial charge in [-0.15, -0.1) is 0 Å². The number of rotatable bonds is 5. The molecule has 0 aliphatic rings. The highest BCUT2D eigenvalue weighted by Gasteiger charge is 2.10. The Morgan fingerprint density at radius 1 is 1.24 bits per heavy atom. The van der Waals surface area contributed by atoms with Crippen molar-refractivity contribution in [2.45, 2.75) is 19.0 Å². The molecule has 0 saturated carbocycles. The standard InChI is InChI=1S/C16H18N4O/c17-14(10-21)15-9-18-11-20(15)8-6-13-4-1-3-12-5-2-7-19-16(12)13/h1-5,7,9,11,14,21H,6,8,10,17H2. The smallest absolute Gasteiger partial charge is 0.0948 e. The lowest BCUT2D eigenvalue weighted by Crippen LogP contribution is -2.19. The molecule has 1 atom stereocenters. The molecule has 0 bridgehead atoms. The predicted molar refractivity (Wildman–Crippen MR) is 81.7 cm³/mol. The number of aryl methyl sites for hydroxylation is 2. The van der Waals surface area contributed by atoms with Crippen LogP contribution >= 0.6 is 0 Å². The van der Waals surface area contributed by atoms with Crippen LogP contribution in [-0.2, 0) is 13.0 Å². The number of aliphatic hydroxyl groups is 1. The first-order valence-electron chi connectivity index (χ1n) is 6.98. The summed E-state index contributed by atoms with van der Waals surface area (Å²) in [5.74, 6) is 0. The molecule has 1 unspecified atom stereocenters. The van der Waals surface area contributed by atoms with Crippen LogP contribution in [0.2, 0.25) is 0 Å². The van der Waals surface area contributed by atoms with E-state index in [9.17, 15) is 5.11 Å². The van der Waals surface area contributed by atoms with Crippen LogP contribution in [0.15, 0.2) is 49.1 Å². The first kappa shape index (κ1) is 13.7. The molecule has 3 aromatic rings. The average Bonchev–Trinajstić information content (AvgIpc) is 3.00. The van der Waals surface area contributed by atoms with Gasteiger partial charge in [0.05, 0.1) is 30.2 Å². The van der Waals surface area contributed by atoms with E-state index in [1.165, 1.54) is 5.56 Å². The van der Waals surface area contributed by atoms with Crippen molar-refractivity contribution in [3.05, 3.63) is 60.3 Å². The van der Waals surface area contributed by atoms with Crippen LogP contribution in [-0.4, -0.2) is 26.2 Å². The molecule has 2 heterocycles. The summed E-state index contributed by atoms with van der Waals surface area (Å²) < 4.78 is 1.99. The first-order chi connectivity index (χ1) is 10.3. The van der Waals surface area contributed by atoms with E-state index >= 15 is 0 Å². The van der Waals surface area contributed by atoms with E-state index in [2.05, 4.69) is 28.2 Å². The number of pyridine rings is 1. The second-order valence-corrected chi connectivity index (χ2v) is 5.04. The number of nitrogens with two attached hydrogens (primary N) is 1. The van der Waals surface area contributed by atoms with Gasteiger partial charge in [-0.3, -0.25) is 4.98 Å². The van der Waals surface area contributed by atoms with Crippen molar-refractivity contribution in [1.82, 2.24) is 14.5 Å². The van der Waals surface area contributed by atoms with Gasteiger partial charge in [-0.05, 0) is 18.1 Å². The van der Waals surface area contributed by atoms with E-state index in [0.29, 0.717) is 0 Å². The Kier molecular flexibility index (Phi) is 3.94. The number of benzene rings is 1. The quantitative estimate of drug-likeness (QED) is 0.746. The summed E-state index contributed by atoms with van der Waals surface area (Å²) >= 11 is 0. The minimum absolute atomic E-state index is 0.0818. The van der Waals surface area contributed by atoms with Gasteiger partial charge in [-0.2, -0.15) is 0 Å². The molecule has 2 aromatic heterocycles. The molecule has 3 N–H and O–H groups in total. The minimum atomic E-state index is -0.391. The number of nitrogens with zero attached hydrogens (tertiary/aromatic N) is 3. The lowest BCUT2D eigenvalue weighted by molar-refractivity contribution is 0.263. The topological polar surface area (TPSA) is 77.0 Å². The lowest BCUT2D eigenvalue weighted by atomic mass is 10.1. The molecule has 108 valence electrons. The van der Waals surface area contributed by atoms with E-state index in [1.807, 2.05) is 22.9 Å². The van der Waals surface area contributed by atoms with E-state index in [0.717, 1.165) is 29.6 Å². The maximum Gasteiger partial charge on any atom is 0.0948 e. The van der Waals surface area contributed by atoms with Gasteiger partial charge in [0.1, 0.15) is 0 Å². The number of aromatic nitrogens is 3. The third kappa shape index (κ3) is 2.79. The summed E-state index contributed by atoms with van der Waals surface area (Å²) in [6.45, 7) is 0.681. The van der Waals surface area contributed by atoms with E-state index < -0.39 is 6.04 Å². The van der Waals surface area contributed by atoms with Gasteiger partial charge < -0.3 is 15.4 Å². The Hall–Kier alpha value is -2.24. The normalized spacial score (nSPS) is 12.7. The largest absolute Gasteiger partial charge is 0.394 e. The molecule has 21 heavy (non-hydrogen) atoms. The Balaban J connectivity index is 1.83. The molecule has 3 rings (SSSR count). The van der Waals surface area contributed by atoms with Crippen LogP contribution in [0.25, 0.3) is 10.9 Å². The van der Waals surface area contributed by atoms with Crippen molar-refractivity contribution in [2.24, 2.45) is 5.73 Å². The van der Waals surface area contributed by atoms with Gasteiger partial charge in [0, 0.05) is 24.3 Å². The van der Waals surface area contributed by atoms with Crippen molar-refractivity contribution in [3.8, 4) is 0 Å². The van der Waals surface area contributed by atoms with Crippen LogP contribution in [0.3, 0.4) is 0 Å². The second-order valence-electron chi connectivity index (χ2n) is 5.04. The fourth-order valence-corrected chi connectivity index (χ4v) is 2.53. The molecule has 0 saturated heterocycles. The van der Waals surface area contributed by atoms with Crippen LogP contribution in [0.5, 0.6) is 0 Å². The number of aliphatic hydroxyl groups excluding tert-OH is 1. The molecule has 1 aromatic carbocycles. The van der Waals surface area contributed by atoms with Crippen LogP contribution < -0.4 is 5.73 Å². The average molecular weight is 282 g/mol. The van der Waals surface area contributed by atoms with Gasteiger partial charge in [0.25, 0.3) is 0 Å². The summed E-state index contributed by atoms with van der Waals surface area (Å²) in [5, 5.41) is 10.3. The van der Waals surface area contributed by atoms with Gasteiger partial charge in [0.2, 0.25) is 0 Å². The third-order valence-corrected chi connectivity index (χ3v) is 3.66. The summed E-state index contributed by atoms with van der Waals surface area (Å²) in [5.41, 5.74) is 8.96. The monoisotopic (exact) mass is 282 g/mol. The van der Waals surface area contributed by atoms with Gasteiger partial charge >= 0.3 is 0 Å². The maximum atomic E-state index is 9.18. The molecule has 0 amide bonds.